The van der Waals surface area contributed by atoms with Crippen LogP contribution >= 0.6 is 0 Å². The zero-order chi connectivity index (χ0) is 11.1. The van der Waals surface area contributed by atoms with Gasteiger partial charge in [-0.2, -0.15) is 5.06 Å². The minimum absolute atomic E-state index is 0.448. The van der Waals surface area contributed by atoms with Crippen molar-refractivity contribution in [3.05, 3.63) is 17.7 Å². The van der Waals surface area contributed by atoms with E-state index in [1.807, 2.05) is 11.5 Å². The number of imidazole rings is 1. The maximum Gasteiger partial charge on any atom is 0.251 e. The van der Waals surface area contributed by atoms with Gasteiger partial charge in [-0.1, -0.05) is 4.80 Å². The maximum absolute atomic E-state index is 9.41. The van der Waals surface area contributed by atoms with E-state index in [0.29, 0.717) is 19.0 Å². The first-order chi connectivity index (χ1) is 7.79. The van der Waals surface area contributed by atoms with Gasteiger partial charge >= 0.3 is 0 Å². The maximum atomic E-state index is 9.41. The van der Waals surface area contributed by atoms with E-state index in [1.165, 1.54) is 16.2 Å². The molecule has 16 heavy (non-hydrogen) atoms. The molecule has 0 bridgehead atoms. The zero-order valence-corrected chi connectivity index (χ0v) is 8.78. The van der Waals surface area contributed by atoms with Gasteiger partial charge in [-0.15, -0.1) is 10.2 Å². The van der Waals surface area contributed by atoms with E-state index < -0.39 is 0 Å². The smallest absolute Gasteiger partial charge is 0.251 e. The summed E-state index contributed by atoms with van der Waals surface area (Å²) in [6.07, 6.45) is 1.37. The Morgan fingerprint density at radius 3 is 3.00 bits per heavy atom. The van der Waals surface area contributed by atoms with Gasteiger partial charge in [0.1, 0.15) is 0 Å². The third-order valence-electron chi connectivity index (χ3n) is 2.64. The van der Waals surface area contributed by atoms with Crippen LogP contribution in [0.4, 0.5) is 0 Å². The van der Waals surface area contributed by atoms with Crippen LogP contribution in [0, 0.1) is 0 Å². The highest BCUT2D eigenvalue weighted by Crippen LogP contribution is 2.23. The van der Waals surface area contributed by atoms with Crippen molar-refractivity contribution in [3.63, 3.8) is 0 Å². The van der Waals surface area contributed by atoms with Crippen molar-refractivity contribution in [1.82, 2.24) is 34.8 Å². The van der Waals surface area contributed by atoms with Crippen molar-refractivity contribution in [3.8, 4) is 5.95 Å². The average molecular weight is 221 g/mol. The normalized spacial score (nSPS) is 15.6. The summed E-state index contributed by atoms with van der Waals surface area (Å²) in [7, 11) is 0. The van der Waals surface area contributed by atoms with Gasteiger partial charge in [-0.25, -0.2) is 4.98 Å². The third-order valence-corrected chi connectivity index (χ3v) is 2.64. The summed E-state index contributed by atoms with van der Waals surface area (Å²) in [6.45, 7) is 3.71. The second-order valence-corrected chi connectivity index (χ2v) is 3.60. The number of hydrogen-bond donors (Lipinski definition) is 1. The zero-order valence-electron chi connectivity index (χ0n) is 8.78. The number of tetrazole rings is 1. The molecule has 0 radical (unpaired) electrons. The quantitative estimate of drug-likeness (QED) is 0.741. The molecule has 0 aromatic carbocycles. The fraction of sp³-hybridized carbons (Fsp3) is 0.500. The number of hydroxylamine groups is 2. The number of fused-ring (bicyclic) bond motifs is 1. The van der Waals surface area contributed by atoms with Crippen molar-refractivity contribution in [1.29, 1.82) is 0 Å². The molecule has 0 spiro atoms. The number of nitrogens with zero attached hydrogens (tertiary/aromatic N) is 7. The van der Waals surface area contributed by atoms with Crippen molar-refractivity contribution in [2.24, 2.45) is 0 Å². The van der Waals surface area contributed by atoms with Crippen molar-refractivity contribution < 1.29 is 5.21 Å². The summed E-state index contributed by atoms with van der Waals surface area (Å²) in [5.74, 6) is 0.651. The van der Waals surface area contributed by atoms with Crippen LogP contribution in [0.5, 0.6) is 0 Å². The van der Waals surface area contributed by atoms with E-state index in [1.54, 1.807) is 0 Å². The van der Waals surface area contributed by atoms with Crippen LogP contribution in [-0.2, 0) is 19.6 Å². The fourth-order valence-electron chi connectivity index (χ4n) is 1.97. The summed E-state index contributed by atoms with van der Waals surface area (Å²) in [5, 5.41) is 22.1. The van der Waals surface area contributed by atoms with Crippen LogP contribution < -0.4 is 0 Å². The molecule has 2 aromatic heterocycles. The van der Waals surface area contributed by atoms with Crippen LogP contribution in [0.15, 0.2) is 6.33 Å². The molecule has 84 valence electrons. The third kappa shape index (κ3) is 1.24. The molecule has 0 fully saturated rings. The lowest BCUT2D eigenvalue weighted by Gasteiger charge is -2.08. The van der Waals surface area contributed by atoms with E-state index >= 15 is 0 Å². The van der Waals surface area contributed by atoms with Crippen molar-refractivity contribution in [2.45, 2.75) is 26.6 Å². The predicted molar refractivity (Wildman–Crippen MR) is 51.6 cm³/mol. The van der Waals surface area contributed by atoms with Gasteiger partial charge in [0.05, 0.1) is 24.5 Å². The van der Waals surface area contributed by atoms with Crippen molar-refractivity contribution in [2.75, 3.05) is 0 Å². The Morgan fingerprint density at radius 2 is 2.31 bits per heavy atom. The van der Waals surface area contributed by atoms with E-state index in [9.17, 15) is 5.21 Å². The van der Waals surface area contributed by atoms with Gasteiger partial charge in [0.25, 0.3) is 5.95 Å². The second-order valence-electron chi connectivity index (χ2n) is 3.60. The Morgan fingerprint density at radius 1 is 1.44 bits per heavy atom. The molecule has 1 aliphatic rings. The number of rotatable bonds is 2. The summed E-state index contributed by atoms with van der Waals surface area (Å²) in [6, 6.07) is 0. The number of hydrogen-bond acceptors (Lipinski definition) is 6. The molecule has 8 heteroatoms. The minimum Gasteiger partial charge on any atom is -0.313 e. The van der Waals surface area contributed by atoms with Crippen LogP contribution in [-0.4, -0.2) is 40.0 Å². The molecule has 1 N–H and O–H groups in total. The Hall–Kier alpha value is -1.80. The van der Waals surface area contributed by atoms with Crippen molar-refractivity contribution >= 4 is 0 Å². The van der Waals surface area contributed by atoms with Gasteiger partial charge in [-0.3, -0.25) is 0 Å². The highest BCUT2D eigenvalue weighted by atomic mass is 16.5. The minimum atomic E-state index is 0.448. The SMILES string of the molecule is CCn1c(-n2ncnn2)nc2c1CN(O)C2. The highest BCUT2D eigenvalue weighted by molar-refractivity contribution is 5.26. The summed E-state index contributed by atoms with van der Waals surface area (Å²) >= 11 is 0. The van der Waals surface area contributed by atoms with E-state index in [-0.39, 0.29) is 0 Å². The van der Waals surface area contributed by atoms with Crippen LogP contribution in [0.2, 0.25) is 0 Å². The molecule has 8 nitrogen and oxygen atoms in total. The Bertz CT molecular complexity index is 503. The molecule has 3 rings (SSSR count). The highest BCUT2D eigenvalue weighted by Gasteiger charge is 2.26. The van der Waals surface area contributed by atoms with Gasteiger partial charge < -0.3 is 9.77 Å². The molecule has 0 aliphatic carbocycles. The van der Waals surface area contributed by atoms with Gasteiger partial charge in [0.2, 0.25) is 0 Å². The topological polar surface area (TPSA) is 84.9 Å². The van der Waals surface area contributed by atoms with Crippen LogP contribution in [0.3, 0.4) is 0 Å². The molecule has 0 amide bonds. The van der Waals surface area contributed by atoms with Crippen LogP contribution in [0.1, 0.15) is 18.3 Å². The van der Waals surface area contributed by atoms with Gasteiger partial charge in [0.15, 0.2) is 6.33 Å². The summed E-state index contributed by atoms with van der Waals surface area (Å²) < 4.78 is 1.98. The lowest BCUT2D eigenvalue weighted by atomic mass is 10.4. The summed E-state index contributed by atoms with van der Waals surface area (Å²) in [5.41, 5.74) is 1.88. The largest absolute Gasteiger partial charge is 0.313 e. The second kappa shape index (κ2) is 3.35. The lowest BCUT2D eigenvalue weighted by molar-refractivity contribution is -0.0985. The summed E-state index contributed by atoms with van der Waals surface area (Å²) in [4.78, 5) is 5.81. The Kier molecular flexibility index (Phi) is 1.98. The predicted octanol–water partition coefficient (Wildman–Crippen LogP) is -0.417. The van der Waals surface area contributed by atoms with E-state index in [2.05, 4.69) is 20.4 Å². The van der Waals surface area contributed by atoms with Gasteiger partial charge in [0, 0.05) is 6.54 Å². The van der Waals surface area contributed by atoms with E-state index in [4.69, 9.17) is 0 Å². The molecule has 1 aliphatic heterocycles. The first-order valence-electron chi connectivity index (χ1n) is 5.05. The first kappa shape index (κ1) is 9.43. The lowest BCUT2D eigenvalue weighted by Crippen LogP contribution is -2.16. The number of aromatic nitrogens is 6. The average Bonchev–Trinajstić information content (AvgIpc) is 2.90. The molecule has 0 saturated carbocycles. The fourth-order valence-corrected chi connectivity index (χ4v) is 1.97. The molecule has 0 atom stereocenters. The monoisotopic (exact) mass is 221 g/mol. The molecular formula is C8H11N7O. The Labute approximate surface area is 91.1 Å². The van der Waals surface area contributed by atoms with E-state index in [0.717, 1.165) is 17.9 Å². The van der Waals surface area contributed by atoms with Crippen LogP contribution in [0.25, 0.3) is 5.95 Å². The molecular weight excluding hydrogens is 210 g/mol. The van der Waals surface area contributed by atoms with Gasteiger partial charge in [-0.05, 0) is 12.1 Å². The molecule has 2 aromatic rings. The molecule has 0 unspecified atom stereocenters. The molecule has 0 saturated heterocycles. The first-order valence-corrected chi connectivity index (χ1v) is 5.05. The Balaban J connectivity index is 2.12. The standard InChI is InChI=1S/C8H11N7O/c1-2-14-7-4-13(16)3-6(7)11-8(14)15-10-5-9-12-15/h5,16H,2-4H2,1H3. The molecule has 3 heterocycles.